The fraction of sp³-hybridized carbons (Fsp3) is 0.286. The molecular formula is C14H18N4. The Balaban J connectivity index is 2.11. The summed E-state index contributed by atoms with van der Waals surface area (Å²) in [6, 6.07) is 10.1. The summed E-state index contributed by atoms with van der Waals surface area (Å²) in [6.07, 6.45) is 1.02. The van der Waals surface area contributed by atoms with E-state index in [-0.39, 0.29) is 0 Å². The van der Waals surface area contributed by atoms with Crippen LogP contribution in [0.5, 0.6) is 0 Å². The third kappa shape index (κ3) is 2.97. The van der Waals surface area contributed by atoms with Crippen molar-refractivity contribution in [3.05, 3.63) is 47.2 Å². The monoisotopic (exact) mass is 242 g/mol. The zero-order valence-electron chi connectivity index (χ0n) is 10.8. The molecule has 1 aromatic carbocycles. The number of anilines is 2. The van der Waals surface area contributed by atoms with Crippen LogP contribution in [0.25, 0.3) is 0 Å². The Hall–Kier alpha value is -2.10. The molecule has 2 rings (SSSR count). The van der Waals surface area contributed by atoms with E-state index in [2.05, 4.69) is 40.4 Å². The summed E-state index contributed by atoms with van der Waals surface area (Å²) in [7, 11) is 0. The van der Waals surface area contributed by atoms with E-state index in [9.17, 15) is 0 Å². The van der Waals surface area contributed by atoms with Crippen LogP contribution in [-0.4, -0.2) is 9.97 Å². The number of nitrogens with zero attached hydrogens (tertiary/aromatic N) is 2. The molecule has 4 heteroatoms. The molecule has 0 amide bonds. The maximum Gasteiger partial charge on any atom is 0.225 e. The van der Waals surface area contributed by atoms with Crippen LogP contribution >= 0.6 is 0 Å². The summed E-state index contributed by atoms with van der Waals surface area (Å²) in [5.41, 5.74) is 9.17. The van der Waals surface area contributed by atoms with E-state index in [4.69, 9.17) is 5.73 Å². The first-order valence-corrected chi connectivity index (χ1v) is 6.11. The number of nitrogens with two attached hydrogens (primary N) is 1. The molecule has 0 radical (unpaired) electrons. The van der Waals surface area contributed by atoms with Crippen molar-refractivity contribution < 1.29 is 0 Å². The SMILES string of the molecule is CCc1ccccc1CNc1nc(C)cc(N)n1. The van der Waals surface area contributed by atoms with E-state index >= 15 is 0 Å². The Morgan fingerprint density at radius 2 is 1.89 bits per heavy atom. The smallest absolute Gasteiger partial charge is 0.225 e. The molecule has 0 unspecified atom stereocenters. The molecule has 18 heavy (non-hydrogen) atoms. The number of nitrogen functional groups attached to an aromatic ring is 1. The minimum absolute atomic E-state index is 0.494. The Bertz CT molecular complexity index is 517. The van der Waals surface area contributed by atoms with Gasteiger partial charge in [-0.05, 0) is 24.5 Å². The Morgan fingerprint density at radius 1 is 1.17 bits per heavy atom. The lowest BCUT2D eigenvalue weighted by Gasteiger charge is -2.09. The molecule has 94 valence electrons. The van der Waals surface area contributed by atoms with Gasteiger partial charge in [0.1, 0.15) is 5.82 Å². The van der Waals surface area contributed by atoms with Crippen molar-refractivity contribution in [2.45, 2.75) is 26.8 Å². The molecular weight excluding hydrogens is 224 g/mol. The van der Waals surface area contributed by atoms with E-state index in [1.54, 1.807) is 6.07 Å². The molecule has 1 heterocycles. The lowest BCUT2D eigenvalue weighted by atomic mass is 10.1. The highest BCUT2D eigenvalue weighted by Crippen LogP contribution is 2.12. The molecule has 0 atom stereocenters. The van der Waals surface area contributed by atoms with Gasteiger partial charge < -0.3 is 11.1 Å². The Morgan fingerprint density at radius 3 is 2.56 bits per heavy atom. The van der Waals surface area contributed by atoms with Gasteiger partial charge in [-0.25, -0.2) is 4.98 Å². The molecule has 0 saturated heterocycles. The summed E-state index contributed by atoms with van der Waals surface area (Å²) in [4.78, 5) is 8.46. The maximum absolute atomic E-state index is 5.69. The predicted octanol–water partition coefficient (Wildman–Crippen LogP) is 2.54. The van der Waals surface area contributed by atoms with Crippen LogP contribution < -0.4 is 11.1 Å². The first kappa shape index (κ1) is 12.4. The quantitative estimate of drug-likeness (QED) is 0.864. The zero-order chi connectivity index (χ0) is 13.0. The fourth-order valence-corrected chi connectivity index (χ4v) is 1.92. The molecule has 0 spiro atoms. The summed E-state index contributed by atoms with van der Waals surface area (Å²) in [5.74, 6) is 1.08. The highest BCUT2D eigenvalue weighted by Gasteiger charge is 2.02. The van der Waals surface area contributed by atoms with Gasteiger partial charge in [-0.3, -0.25) is 0 Å². The van der Waals surface area contributed by atoms with E-state index < -0.39 is 0 Å². The van der Waals surface area contributed by atoms with Crippen LogP contribution in [0.1, 0.15) is 23.7 Å². The molecule has 0 aliphatic rings. The van der Waals surface area contributed by atoms with Crippen molar-refractivity contribution in [3.8, 4) is 0 Å². The Labute approximate surface area is 107 Å². The van der Waals surface area contributed by atoms with Crippen LogP contribution in [0, 0.1) is 6.92 Å². The van der Waals surface area contributed by atoms with Crippen molar-refractivity contribution in [3.63, 3.8) is 0 Å². The van der Waals surface area contributed by atoms with Gasteiger partial charge in [0.05, 0.1) is 0 Å². The average molecular weight is 242 g/mol. The number of benzene rings is 1. The van der Waals surface area contributed by atoms with E-state index in [1.165, 1.54) is 11.1 Å². The number of nitrogens with one attached hydrogen (secondary N) is 1. The lowest BCUT2D eigenvalue weighted by Crippen LogP contribution is -2.07. The second kappa shape index (κ2) is 5.49. The van der Waals surface area contributed by atoms with Crippen LogP contribution in [0.2, 0.25) is 0 Å². The minimum atomic E-state index is 0.494. The largest absolute Gasteiger partial charge is 0.384 e. The maximum atomic E-state index is 5.69. The first-order valence-electron chi connectivity index (χ1n) is 6.11. The van der Waals surface area contributed by atoms with Gasteiger partial charge in [0.2, 0.25) is 5.95 Å². The number of hydrogen-bond acceptors (Lipinski definition) is 4. The second-order valence-electron chi connectivity index (χ2n) is 4.23. The zero-order valence-corrected chi connectivity index (χ0v) is 10.8. The normalized spacial score (nSPS) is 10.3. The number of aryl methyl sites for hydroxylation is 2. The molecule has 2 aromatic rings. The van der Waals surface area contributed by atoms with Crippen LogP contribution in [0.3, 0.4) is 0 Å². The van der Waals surface area contributed by atoms with Crippen molar-refractivity contribution in [1.29, 1.82) is 0 Å². The molecule has 3 N–H and O–H groups in total. The molecule has 0 bridgehead atoms. The number of aromatic nitrogens is 2. The molecule has 0 saturated carbocycles. The molecule has 4 nitrogen and oxygen atoms in total. The fourth-order valence-electron chi connectivity index (χ4n) is 1.92. The molecule has 0 fully saturated rings. The predicted molar refractivity (Wildman–Crippen MR) is 74.3 cm³/mol. The summed E-state index contributed by atoms with van der Waals surface area (Å²) in [6.45, 7) is 4.77. The van der Waals surface area contributed by atoms with Crippen LogP contribution in [-0.2, 0) is 13.0 Å². The third-order valence-electron chi connectivity index (χ3n) is 2.81. The summed E-state index contributed by atoms with van der Waals surface area (Å²) >= 11 is 0. The van der Waals surface area contributed by atoms with E-state index in [0.717, 1.165) is 12.1 Å². The van der Waals surface area contributed by atoms with Gasteiger partial charge in [-0.15, -0.1) is 0 Å². The highest BCUT2D eigenvalue weighted by atomic mass is 15.1. The van der Waals surface area contributed by atoms with Gasteiger partial charge in [0, 0.05) is 18.3 Å². The van der Waals surface area contributed by atoms with Gasteiger partial charge in [0.15, 0.2) is 0 Å². The average Bonchev–Trinajstić information content (AvgIpc) is 2.35. The van der Waals surface area contributed by atoms with Crippen molar-refractivity contribution in [2.75, 3.05) is 11.1 Å². The van der Waals surface area contributed by atoms with Gasteiger partial charge in [-0.2, -0.15) is 4.98 Å². The summed E-state index contributed by atoms with van der Waals surface area (Å²) in [5, 5.41) is 3.22. The topological polar surface area (TPSA) is 63.8 Å². The number of rotatable bonds is 4. The standard InChI is InChI=1S/C14H18N4/c1-3-11-6-4-5-7-12(11)9-16-14-17-10(2)8-13(15)18-14/h4-8H,3,9H2,1-2H3,(H3,15,16,17,18). The van der Waals surface area contributed by atoms with Gasteiger partial charge in [-0.1, -0.05) is 31.2 Å². The molecule has 0 aliphatic carbocycles. The third-order valence-corrected chi connectivity index (χ3v) is 2.81. The van der Waals surface area contributed by atoms with Crippen molar-refractivity contribution in [1.82, 2.24) is 9.97 Å². The van der Waals surface area contributed by atoms with Crippen LogP contribution in [0.15, 0.2) is 30.3 Å². The van der Waals surface area contributed by atoms with Crippen molar-refractivity contribution >= 4 is 11.8 Å². The number of hydrogen-bond donors (Lipinski definition) is 2. The van der Waals surface area contributed by atoms with Gasteiger partial charge in [0.25, 0.3) is 0 Å². The van der Waals surface area contributed by atoms with E-state index in [0.29, 0.717) is 18.3 Å². The molecule has 1 aromatic heterocycles. The minimum Gasteiger partial charge on any atom is -0.384 e. The van der Waals surface area contributed by atoms with Crippen molar-refractivity contribution in [2.24, 2.45) is 0 Å². The molecule has 0 aliphatic heterocycles. The van der Waals surface area contributed by atoms with Crippen LogP contribution in [0.4, 0.5) is 11.8 Å². The Kier molecular flexibility index (Phi) is 3.77. The summed E-state index contributed by atoms with van der Waals surface area (Å²) < 4.78 is 0. The van der Waals surface area contributed by atoms with E-state index in [1.807, 2.05) is 13.0 Å². The first-order chi connectivity index (χ1) is 8.69. The highest BCUT2D eigenvalue weighted by molar-refractivity contribution is 5.39. The van der Waals surface area contributed by atoms with Gasteiger partial charge >= 0.3 is 0 Å². The second-order valence-corrected chi connectivity index (χ2v) is 4.23. The lowest BCUT2D eigenvalue weighted by molar-refractivity contribution is 1.00.